The molecular weight excluding hydrogens is 278 g/mol. The van der Waals surface area contributed by atoms with E-state index in [1.807, 2.05) is 36.4 Å². The third-order valence-corrected chi connectivity index (χ3v) is 3.19. The van der Waals surface area contributed by atoms with Crippen LogP contribution in [0.2, 0.25) is 0 Å². The van der Waals surface area contributed by atoms with Gasteiger partial charge in [0.15, 0.2) is 5.78 Å². The Morgan fingerprint density at radius 1 is 0.909 bits per heavy atom. The van der Waals surface area contributed by atoms with E-state index in [1.54, 1.807) is 12.1 Å². The van der Waals surface area contributed by atoms with Gasteiger partial charge in [0.25, 0.3) is 0 Å². The molecule has 0 aliphatic rings. The van der Waals surface area contributed by atoms with Gasteiger partial charge >= 0.3 is 0 Å². The van der Waals surface area contributed by atoms with Gasteiger partial charge in [-0.2, -0.15) is 0 Å². The highest BCUT2D eigenvalue weighted by Crippen LogP contribution is 2.26. The molecule has 4 nitrogen and oxygen atoms in total. The van der Waals surface area contributed by atoms with Crippen LogP contribution in [0.4, 0.5) is 5.69 Å². The normalized spacial score (nSPS) is 10.1. The minimum absolute atomic E-state index is 0.141. The highest BCUT2D eigenvalue weighted by atomic mass is 16.2. The summed E-state index contributed by atoms with van der Waals surface area (Å²) in [6.45, 7) is 2.80. The number of Topliss-reactive ketones (excluding diaryl/α,β-unsaturated/α-hetero) is 2. The van der Waals surface area contributed by atoms with Crippen LogP contribution in [0.3, 0.4) is 0 Å². The van der Waals surface area contributed by atoms with Gasteiger partial charge < -0.3 is 5.32 Å². The number of carbonyl (C=O) groups is 3. The molecule has 0 heterocycles. The van der Waals surface area contributed by atoms with Crippen LogP contribution < -0.4 is 5.32 Å². The van der Waals surface area contributed by atoms with Crippen LogP contribution in [0.1, 0.15) is 30.6 Å². The maximum Gasteiger partial charge on any atom is 0.231 e. The van der Waals surface area contributed by atoms with Gasteiger partial charge in [0.2, 0.25) is 5.91 Å². The molecule has 112 valence electrons. The summed E-state index contributed by atoms with van der Waals surface area (Å²) in [5, 5.41) is 2.65. The summed E-state index contributed by atoms with van der Waals surface area (Å²) < 4.78 is 0. The minimum Gasteiger partial charge on any atom is -0.325 e. The Bertz CT molecular complexity index is 720. The molecular formula is C18H17NO3. The second-order valence-electron chi connectivity index (χ2n) is 5.11. The summed E-state index contributed by atoms with van der Waals surface area (Å²) >= 11 is 0. The Morgan fingerprint density at radius 2 is 1.59 bits per heavy atom. The van der Waals surface area contributed by atoms with Crippen molar-refractivity contribution < 1.29 is 14.4 Å². The molecule has 0 spiro atoms. The lowest BCUT2D eigenvalue weighted by Crippen LogP contribution is -2.16. The molecule has 22 heavy (non-hydrogen) atoms. The van der Waals surface area contributed by atoms with E-state index in [0.717, 1.165) is 11.1 Å². The van der Waals surface area contributed by atoms with Crippen molar-refractivity contribution in [3.63, 3.8) is 0 Å². The number of amides is 1. The number of anilines is 1. The number of hydrogen-bond acceptors (Lipinski definition) is 3. The van der Waals surface area contributed by atoms with Crippen molar-refractivity contribution in [3.8, 4) is 11.1 Å². The summed E-state index contributed by atoms with van der Waals surface area (Å²) in [4.78, 5) is 34.5. The molecule has 1 amide bonds. The van der Waals surface area contributed by atoms with Crippen molar-refractivity contribution in [1.29, 1.82) is 0 Å². The number of benzene rings is 2. The molecule has 0 bridgehead atoms. The van der Waals surface area contributed by atoms with Crippen LogP contribution >= 0.6 is 0 Å². The lowest BCUT2D eigenvalue weighted by molar-refractivity contribution is -0.124. The van der Waals surface area contributed by atoms with Crippen molar-refractivity contribution in [2.24, 2.45) is 0 Å². The number of rotatable bonds is 5. The molecule has 4 heteroatoms. The predicted molar refractivity (Wildman–Crippen MR) is 85.8 cm³/mol. The molecule has 2 aromatic carbocycles. The first-order chi connectivity index (χ1) is 10.5. The maximum atomic E-state index is 11.8. The summed E-state index contributed by atoms with van der Waals surface area (Å²) in [7, 11) is 0. The largest absolute Gasteiger partial charge is 0.325 e. The van der Waals surface area contributed by atoms with Gasteiger partial charge in [0, 0.05) is 5.56 Å². The number of hydrogen-bond donors (Lipinski definition) is 1. The van der Waals surface area contributed by atoms with Gasteiger partial charge in [-0.05, 0) is 37.1 Å². The van der Waals surface area contributed by atoms with E-state index in [-0.39, 0.29) is 18.0 Å². The lowest BCUT2D eigenvalue weighted by Gasteiger charge is -2.11. The first kappa shape index (κ1) is 15.6. The van der Waals surface area contributed by atoms with E-state index in [4.69, 9.17) is 0 Å². The zero-order valence-electron chi connectivity index (χ0n) is 12.6. The third kappa shape index (κ3) is 3.88. The lowest BCUT2D eigenvalue weighted by atomic mass is 10.0. The maximum absolute atomic E-state index is 11.8. The first-order valence-electron chi connectivity index (χ1n) is 6.97. The Hall–Kier alpha value is -2.75. The van der Waals surface area contributed by atoms with Crippen LogP contribution in [0.5, 0.6) is 0 Å². The predicted octanol–water partition coefficient (Wildman–Crippen LogP) is 3.47. The van der Waals surface area contributed by atoms with Crippen molar-refractivity contribution in [2.45, 2.75) is 20.3 Å². The smallest absolute Gasteiger partial charge is 0.231 e. The van der Waals surface area contributed by atoms with Crippen molar-refractivity contribution >= 4 is 23.2 Å². The van der Waals surface area contributed by atoms with Gasteiger partial charge in [0.1, 0.15) is 5.78 Å². The molecule has 0 fully saturated rings. The fourth-order valence-corrected chi connectivity index (χ4v) is 2.19. The zero-order chi connectivity index (χ0) is 16.1. The van der Waals surface area contributed by atoms with Crippen LogP contribution in [0, 0.1) is 0 Å². The molecule has 0 aromatic heterocycles. The van der Waals surface area contributed by atoms with E-state index in [0.29, 0.717) is 11.3 Å². The first-order valence-corrected chi connectivity index (χ1v) is 6.97. The molecule has 0 unspecified atom stereocenters. The van der Waals surface area contributed by atoms with Gasteiger partial charge in [0.05, 0.1) is 12.1 Å². The zero-order valence-corrected chi connectivity index (χ0v) is 12.6. The van der Waals surface area contributed by atoms with E-state index in [9.17, 15) is 14.4 Å². The van der Waals surface area contributed by atoms with E-state index in [2.05, 4.69) is 5.32 Å². The molecule has 2 aromatic rings. The molecule has 0 saturated carbocycles. The summed E-state index contributed by atoms with van der Waals surface area (Å²) in [6, 6.07) is 14.9. The Kier molecular flexibility index (Phi) is 4.84. The van der Waals surface area contributed by atoms with Crippen molar-refractivity contribution in [2.75, 3.05) is 5.32 Å². The van der Waals surface area contributed by atoms with Crippen molar-refractivity contribution in [3.05, 3.63) is 54.1 Å². The topological polar surface area (TPSA) is 63.2 Å². The van der Waals surface area contributed by atoms with Gasteiger partial charge in [-0.1, -0.05) is 36.4 Å². The van der Waals surface area contributed by atoms with E-state index < -0.39 is 5.91 Å². The molecule has 1 N–H and O–H groups in total. The Morgan fingerprint density at radius 3 is 2.18 bits per heavy atom. The third-order valence-electron chi connectivity index (χ3n) is 3.19. The average molecular weight is 295 g/mol. The molecule has 2 rings (SSSR count). The van der Waals surface area contributed by atoms with Gasteiger partial charge in [-0.25, -0.2) is 0 Å². The second-order valence-corrected chi connectivity index (χ2v) is 5.11. The molecule has 0 radical (unpaired) electrons. The van der Waals surface area contributed by atoms with Gasteiger partial charge in [-0.15, -0.1) is 0 Å². The van der Waals surface area contributed by atoms with Crippen LogP contribution in [0.25, 0.3) is 11.1 Å². The number of carbonyl (C=O) groups excluding carboxylic acids is 3. The average Bonchev–Trinajstić information content (AvgIpc) is 2.47. The van der Waals surface area contributed by atoms with Crippen LogP contribution in [-0.2, 0) is 9.59 Å². The Labute approximate surface area is 129 Å². The monoisotopic (exact) mass is 295 g/mol. The SMILES string of the molecule is CC(=O)CC(=O)Nc1cc(-c2ccccc2)ccc1C(C)=O. The van der Waals surface area contributed by atoms with E-state index >= 15 is 0 Å². The minimum atomic E-state index is -0.416. The Balaban J connectivity index is 2.38. The van der Waals surface area contributed by atoms with Gasteiger partial charge in [-0.3, -0.25) is 14.4 Å². The van der Waals surface area contributed by atoms with Crippen LogP contribution in [0.15, 0.2) is 48.5 Å². The summed E-state index contributed by atoms with van der Waals surface area (Å²) in [5.41, 5.74) is 2.74. The number of ketones is 2. The summed E-state index contributed by atoms with van der Waals surface area (Å²) in [5.74, 6) is -0.779. The fourth-order valence-electron chi connectivity index (χ4n) is 2.19. The molecule has 0 saturated heterocycles. The quantitative estimate of drug-likeness (QED) is 0.678. The summed E-state index contributed by atoms with van der Waals surface area (Å²) in [6.07, 6.45) is -0.201. The number of nitrogens with one attached hydrogen (secondary N) is 1. The van der Waals surface area contributed by atoms with Crippen molar-refractivity contribution in [1.82, 2.24) is 0 Å². The molecule has 0 aliphatic carbocycles. The highest BCUT2D eigenvalue weighted by molar-refractivity contribution is 6.08. The van der Waals surface area contributed by atoms with Crippen LogP contribution in [-0.4, -0.2) is 17.5 Å². The second kappa shape index (κ2) is 6.80. The standard InChI is InChI=1S/C18H17NO3/c1-12(20)10-18(22)19-17-11-15(8-9-16(17)13(2)21)14-6-4-3-5-7-14/h3-9,11H,10H2,1-2H3,(H,19,22). The molecule has 0 atom stereocenters. The fraction of sp³-hybridized carbons (Fsp3) is 0.167. The van der Waals surface area contributed by atoms with E-state index in [1.165, 1.54) is 13.8 Å². The molecule has 0 aliphatic heterocycles. The highest BCUT2D eigenvalue weighted by Gasteiger charge is 2.13.